The Balaban J connectivity index is 2.07. The van der Waals surface area contributed by atoms with E-state index in [2.05, 4.69) is 34.2 Å². The van der Waals surface area contributed by atoms with Crippen LogP contribution in [0.3, 0.4) is 0 Å². The quantitative estimate of drug-likeness (QED) is 0.783. The lowest BCUT2D eigenvalue weighted by molar-refractivity contribution is 0.960. The van der Waals surface area contributed by atoms with Crippen LogP contribution in [0.1, 0.15) is 17.7 Å². The SMILES string of the molecule is C[C@@H](Sc1ncn[nH]1)c1ccccc1. The summed E-state index contributed by atoms with van der Waals surface area (Å²) in [5.41, 5.74) is 1.30. The molecule has 0 saturated heterocycles. The van der Waals surface area contributed by atoms with Gasteiger partial charge in [-0.25, -0.2) is 4.98 Å². The molecule has 0 radical (unpaired) electrons. The van der Waals surface area contributed by atoms with Crippen molar-refractivity contribution in [2.75, 3.05) is 0 Å². The van der Waals surface area contributed by atoms with Crippen LogP contribution in [0.2, 0.25) is 0 Å². The van der Waals surface area contributed by atoms with Crippen LogP contribution in [0.4, 0.5) is 0 Å². The predicted molar refractivity (Wildman–Crippen MR) is 57.1 cm³/mol. The number of H-pyrrole nitrogens is 1. The van der Waals surface area contributed by atoms with Gasteiger partial charge in [-0.05, 0) is 12.5 Å². The Morgan fingerprint density at radius 3 is 2.71 bits per heavy atom. The highest BCUT2D eigenvalue weighted by Crippen LogP contribution is 2.31. The molecule has 1 atom stereocenters. The molecule has 0 aliphatic heterocycles. The van der Waals surface area contributed by atoms with E-state index < -0.39 is 0 Å². The van der Waals surface area contributed by atoms with Crippen LogP contribution >= 0.6 is 11.8 Å². The summed E-state index contributed by atoms with van der Waals surface area (Å²) in [5, 5.41) is 7.91. The number of benzene rings is 1. The molecule has 0 aliphatic rings. The second-order valence-electron chi connectivity index (χ2n) is 2.96. The lowest BCUT2D eigenvalue weighted by Crippen LogP contribution is -1.88. The molecule has 2 aromatic rings. The number of thioether (sulfide) groups is 1. The fraction of sp³-hybridized carbons (Fsp3) is 0.200. The normalized spacial score (nSPS) is 12.6. The van der Waals surface area contributed by atoms with E-state index in [1.54, 1.807) is 11.8 Å². The van der Waals surface area contributed by atoms with Crippen molar-refractivity contribution >= 4 is 11.8 Å². The van der Waals surface area contributed by atoms with Crippen LogP contribution in [-0.2, 0) is 0 Å². The number of hydrogen-bond acceptors (Lipinski definition) is 3. The molecule has 3 nitrogen and oxygen atoms in total. The van der Waals surface area contributed by atoms with Crippen LogP contribution < -0.4 is 0 Å². The van der Waals surface area contributed by atoms with Gasteiger partial charge in [-0.3, -0.25) is 5.10 Å². The summed E-state index contributed by atoms with van der Waals surface area (Å²) in [7, 11) is 0. The Kier molecular flexibility index (Phi) is 2.84. The molecule has 14 heavy (non-hydrogen) atoms. The minimum absolute atomic E-state index is 0.393. The number of hydrogen-bond donors (Lipinski definition) is 1. The lowest BCUT2D eigenvalue weighted by atomic mass is 10.2. The third kappa shape index (κ3) is 2.14. The van der Waals surface area contributed by atoms with Crippen molar-refractivity contribution in [3.63, 3.8) is 0 Å². The third-order valence-corrected chi connectivity index (χ3v) is 3.00. The molecule has 72 valence electrons. The van der Waals surface area contributed by atoms with Gasteiger partial charge in [-0.2, -0.15) is 5.10 Å². The topological polar surface area (TPSA) is 41.6 Å². The Hall–Kier alpha value is -1.29. The monoisotopic (exact) mass is 205 g/mol. The van der Waals surface area contributed by atoms with Gasteiger partial charge in [0.1, 0.15) is 6.33 Å². The van der Waals surface area contributed by atoms with Gasteiger partial charge >= 0.3 is 0 Å². The van der Waals surface area contributed by atoms with Crippen LogP contribution in [-0.4, -0.2) is 15.2 Å². The molecule has 0 fully saturated rings. The van der Waals surface area contributed by atoms with Crippen LogP contribution in [0.15, 0.2) is 41.8 Å². The summed E-state index contributed by atoms with van der Waals surface area (Å²) in [6.07, 6.45) is 1.53. The fourth-order valence-corrected chi connectivity index (χ4v) is 2.05. The first-order valence-corrected chi connectivity index (χ1v) is 5.31. The first-order chi connectivity index (χ1) is 6.86. The molecule has 0 saturated carbocycles. The van der Waals surface area contributed by atoms with Gasteiger partial charge in [0, 0.05) is 5.25 Å². The Labute approximate surface area is 87.0 Å². The maximum Gasteiger partial charge on any atom is 0.183 e. The van der Waals surface area contributed by atoms with Crippen molar-refractivity contribution in [3.8, 4) is 0 Å². The number of nitrogens with one attached hydrogen (secondary N) is 1. The molecule has 1 N–H and O–H groups in total. The van der Waals surface area contributed by atoms with E-state index in [-0.39, 0.29) is 0 Å². The van der Waals surface area contributed by atoms with E-state index >= 15 is 0 Å². The molecule has 0 unspecified atom stereocenters. The first kappa shape index (κ1) is 9.27. The van der Waals surface area contributed by atoms with Crippen molar-refractivity contribution < 1.29 is 0 Å². The molecule has 0 aliphatic carbocycles. The molecule has 0 amide bonds. The highest BCUT2D eigenvalue weighted by atomic mass is 32.2. The van der Waals surface area contributed by atoms with Crippen molar-refractivity contribution in [2.45, 2.75) is 17.3 Å². The molecule has 0 spiro atoms. The smallest absolute Gasteiger partial charge is 0.183 e. The van der Waals surface area contributed by atoms with Gasteiger partial charge in [-0.1, -0.05) is 42.1 Å². The zero-order valence-electron chi connectivity index (χ0n) is 7.84. The highest BCUT2D eigenvalue weighted by Gasteiger charge is 2.07. The van der Waals surface area contributed by atoms with Crippen LogP contribution in [0, 0.1) is 0 Å². The van der Waals surface area contributed by atoms with Crippen LogP contribution in [0.25, 0.3) is 0 Å². The molecule has 1 heterocycles. The second kappa shape index (κ2) is 4.28. The molecule has 1 aromatic carbocycles. The van der Waals surface area contributed by atoms with E-state index in [1.807, 2.05) is 18.2 Å². The first-order valence-electron chi connectivity index (χ1n) is 4.43. The summed E-state index contributed by atoms with van der Waals surface area (Å²) >= 11 is 1.67. The average Bonchev–Trinajstić information content (AvgIpc) is 2.72. The standard InChI is InChI=1S/C10H11N3S/c1-8(9-5-3-2-4-6-9)14-10-11-7-12-13-10/h2-8H,1H3,(H,11,12,13)/t8-/m1/s1. The third-order valence-electron chi connectivity index (χ3n) is 1.95. The average molecular weight is 205 g/mol. The Morgan fingerprint density at radius 1 is 1.29 bits per heavy atom. The van der Waals surface area contributed by atoms with Crippen molar-refractivity contribution in [3.05, 3.63) is 42.2 Å². The fourth-order valence-electron chi connectivity index (χ4n) is 1.21. The molecule has 0 bridgehead atoms. The highest BCUT2D eigenvalue weighted by molar-refractivity contribution is 7.99. The number of aromatic nitrogens is 3. The largest absolute Gasteiger partial charge is 0.254 e. The maximum atomic E-state index is 4.08. The Bertz CT molecular complexity index is 372. The summed E-state index contributed by atoms with van der Waals surface area (Å²) in [4.78, 5) is 4.08. The van der Waals surface area contributed by atoms with E-state index in [4.69, 9.17) is 0 Å². The van der Waals surface area contributed by atoms with Gasteiger partial charge in [0.15, 0.2) is 5.16 Å². The van der Waals surface area contributed by atoms with Crippen molar-refractivity contribution in [2.24, 2.45) is 0 Å². The van der Waals surface area contributed by atoms with Gasteiger partial charge in [-0.15, -0.1) is 0 Å². The van der Waals surface area contributed by atoms with Crippen molar-refractivity contribution in [1.82, 2.24) is 15.2 Å². The number of aromatic amines is 1. The number of rotatable bonds is 3. The predicted octanol–water partition coefficient (Wildman–Crippen LogP) is 2.66. The van der Waals surface area contributed by atoms with Crippen molar-refractivity contribution in [1.29, 1.82) is 0 Å². The second-order valence-corrected chi connectivity index (χ2v) is 4.29. The van der Waals surface area contributed by atoms with Gasteiger partial charge in [0.2, 0.25) is 0 Å². The molecule has 2 rings (SSSR count). The van der Waals surface area contributed by atoms with Gasteiger partial charge in [0.25, 0.3) is 0 Å². The summed E-state index contributed by atoms with van der Waals surface area (Å²) in [6.45, 7) is 2.16. The van der Waals surface area contributed by atoms with Gasteiger partial charge in [0.05, 0.1) is 0 Å². The molecule has 1 aromatic heterocycles. The Morgan fingerprint density at radius 2 is 2.07 bits per heavy atom. The number of nitrogens with zero attached hydrogens (tertiary/aromatic N) is 2. The summed E-state index contributed by atoms with van der Waals surface area (Å²) < 4.78 is 0. The van der Waals surface area contributed by atoms with E-state index in [1.165, 1.54) is 11.9 Å². The molecule has 4 heteroatoms. The van der Waals surface area contributed by atoms with E-state index in [0.29, 0.717) is 5.25 Å². The minimum Gasteiger partial charge on any atom is -0.254 e. The maximum absolute atomic E-state index is 4.08. The zero-order valence-corrected chi connectivity index (χ0v) is 8.66. The minimum atomic E-state index is 0.393. The summed E-state index contributed by atoms with van der Waals surface area (Å²) in [5.74, 6) is 0. The van der Waals surface area contributed by atoms with Crippen LogP contribution in [0.5, 0.6) is 0 Å². The lowest BCUT2D eigenvalue weighted by Gasteiger charge is -2.08. The van der Waals surface area contributed by atoms with E-state index in [0.717, 1.165) is 5.16 Å². The zero-order chi connectivity index (χ0) is 9.80. The molecular formula is C10H11N3S. The summed E-state index contributed by atoms with van der Waals surface area (Å²) in [6, 6.07) is 10.4. The molecular weight excluding hydrogens is 194 g/mol. The van der Waals surface area contributed by atoms with Gasteiger partial charge < -0.3 is 0 Å². The van der Waals surface area contributed by atoms with E-state index in [9.17, 15) is 0 Å².